The molecule has 1 rings (SSSR count). The van der Waals surface area contributed by atoms with Crippen molar-refractivity contribution in [3.05, 3.63) is 33.8 Å². The van der Waals surface area contributed by atoms with Gasteiger partial charge in [0.05, 0.1) is 6.42 Å². The molecule has 0 aliphatic heterocycles. The van der Waals surface area contributed by atoms with Gasteiger partial charge in [0, 0.05) is 30.2 Å². The lowest BCUT2D eigenvalue weighted by Crippen LogP contribution is -2.40. The minimum atomic E-state index is -3.70. The Kier molecular flexibility index (Phi) is 6.89. The molecule has 0 radical (unpaired) electrons. The van der Waals surface area contributed by atoms with Crippen LogP contribution >= 0.6 is 23.2 Å². The molecule has 2 N–H and O–H groups in total. The van der Waals surface area contributed by atoms with E-state index in [-0.39, 0.29) is 19.5 Å². The summed E-state index contributed by atoms with van der Waals surface area (Å²) in [5.74, 6) is -1.05. The Morgan fingerprint density at radius 3 is 2.62 bits per heavy atom. The van der Waals surface area contributed by atoms with Crippen LogP contribution in [0.3, 0.4) is 0 Å². The van der Waals surface area contributed by atoms with Gasteiger partial charge < -0.3 is 5.11 Å². The molecule has 118 valence electrons. The number of hydrogen-bond donors (Lipinski definition) is 2. The van der Waals surface area contributed by atoms with Gasteiger partial charge in [-0.2, -0.15) is 12.7 Å². The molecule has 0 fully saturated rings. The second-order valence-electron chi connectivity index (χ2n) is 4.35. The minimum Gasteiger partial charge on any atom is -0.481 e. The third-order valence-corrected chi connectivity index (χ3v) is 4.90. The first-order valence-electron chi connectivity index (χ1n) is 6.09. The van der Waals surface area contributed by atoms with Crippen molar-refractivity contribution in [3.8, 4) is 0 Å². The number of carbonyl (C=O) groups is 1. The van der Waals surface area contributed by atoms with Crippen molar-refractivity contribution >= 4 is 39.4 Å². The van der Waals surface area contributed by atoms with Gasteiger partial charge in [-0.25, -0.2) is 4.72 Å². The summed E-state index contributed by atoms with van der Waals surface area (Å²) in [6, 6.07) is 5.00. The van der Waals surface area contributed by atoms with Crippen molar-refractivity contribution in [1.82, 2.24) is 9.03 Å². The van der Waals surface area contributed by atoms with Crippen molar-refractivity contribution in [2.45, 2.75) is 12.8 Å². The summed E-state index contributed by atoms with van der Waals surface area (Å²) in [5.41, 5.74) is 0.775. The predicted molar refractivity (Wildman–Crippen MR) is 82.0 cm³/mol. The molecule has 0 saturated heterocycles. The van der Waals surface area contributed by atoms with Crippen LogP contribution in [0.5, 0.6) is 0 Å². The van der Waals surface area contributed by atoms with Crippen LogP contribution in [0, 0.1) is 0 Å². The lowest BCUT2D eigenvalue weighted by molar-refractivity contribution is -0.137. The largest absolute Gasteiger partial charge is 0.481 e. The quantitative estimate of drug-likeness (QED) is 0.744. The lowest BCUT2D eigenvalue weighted by atomic mass is 10.1. The zero-order valence-electron chi connectivity index (χ0n) is 11.3. The van der Waals surface area contributed by atoms with Gasteiger partial charge in [-0.1, -0.05) is 29.3 Å². The Hall–Kier alpha value is -0.860. The SMILES string of the molecule is CN(CCC(=O)O)S(=O)(=O)NCCc1ccc(Cl)cc1Cl. The molecule has 0 amide bonds. The highest BCUT2D eigenvalue weighted by molar-refractivity contribution is 7.87. The number of halogens is 2. The van der Waals surface area contributed by atoms with Gasteiger partial charge in [-0.3, -0.25) is 4.79 Å². The number of carboxylic acids is 1. The normalized spacial score (nSPS) is 11.8. The van der Waals surface area contributed by atoms with Gasteiger partial charge in [0.2, 0.25) is 0 Å². The maximum atomic E-state index is 11.8. The van der Waals surface area contributed by atoms with Crippen LogP contribution in [0.4, 0.5) is 0 Å². The van der Waals surface area contributed by atoms with E-state index in [0.29, 0.717) is 16.5 Å². The molecule has 0 aliphatic rings. The molecule has 0 unspecified atom stereocenters. The van der Waals surface area contributed by atoms with E-state index < -0.39 is 16.2 Å². The number of benzene rings is 1. The molecule has 0 saturated carbocycles. The van der Waals surface area contributed by atoms with Crippen molar-refractivity contribution in [3.63, 3.8) is 0 Å². The van der Waals surface area contributed by atoms with Crippen LogP contribution in [0.1, 0.15) is 12.0 Å². The second-order valence-corrected chi connectivity index (χ2v) is 7.06. The number of nitrogens with one attached hydrogen (secondary N) is 1. The van der Waals surface area contributed by atoms with E-state index in [2.05, 4.69) is 4.72 Å². The first-order valence-corrected chi connectivity index (χ1v) is 8.28. The van der Waals surface area contributed by atoms with E-state index in [1.54, 1.807) is 18.2 Å². The third-order valence-electron chi connectivity index (χ3n) is 2.74. The molecule has 1 aromatic rings. The molecule has 6 nitrogen and oxygen atoms in total. The zero-order chi connectivity index (χ0) is 16.0. The summed E-state index contributed by atoms with van der Waals surface area (Å²) in [5, 5.41) is 9.52. The topological polar surface area (TPSA) is 86.7 Å². The van der Waals surface area contributed by atoms with E-state index in [1.165, 1.54) is 7.05 Å². The molecule has 0 bridgehead atoms. The Bertz CT molecular complexity index is 607. The van der Waals surface area contributed by atoms with E-state index >= 15 is 0 Å². The van der Waals surface area contributed by atoms with Crippen LogP contribution < -0.4 is 4.72 Å². The molecular weight excluding hydrogens is 339 g/mol. The Balaban J connectivity index is 2.51. The Labute approximate surface area is 133 Å². The third kappa shape index (κ3) is 6.19. The summed E-state index contributed by atoms with van der Waals surface area (Å²) in [6.07, 6.45) is 0.155. The number of nitrogens with zero attached hydrogens (tertiary/aromatic N) is 1. The average molecular weight is 355 g/mol. The van der Waals surface area contributed by atoms with E-state index in [0.717, 1.165) is 9.87 Å². The average Bonchev–Trinajstić information content (AvgIpc) is 2.38. The molecule has 9 heteroatoms. The van der Waals surface area contributed by atoms with Crippen LogP contribution in [-0.2, 0) is 21.4 Å². The maximum absolute atomic E-state index is 11.8. The predicted octanol–water partition coefficient (Wildman–Crippen LogP) is 1.78. The van der Waals surface area contributed by atoms with Gasteiger partial charge >= 0.3 is 5.97 Å². The van der Waals surface area contributed by atoms with Gasteiger partial charge in [-0.15, -0.1) is 0 Å². The highest BCUT2D eigenvalue weighted by Gasteiger charge is 2.17. The van der Waals surface area contributed by atoms with Gasteiger partial charge in [-0.05, 0) is 24.1 Å². The van der Waals surface area contributed by atoms with Crippen LogP contribution in [0.2, 0.25) is 10.0 Å². The van der Waals surface area contributed by atoms with E-state index in [1.807, 2.05) is 0 Å². The molecule has 0 spiro atoms. The summed E-state index contributed by atoms with van der Waals surface area (Å²) in [6.45, 7) is 0.0630. The number of rotatable bonds is 8. The number of carboxylic acid groups (broad SMARTS) is 1. The highest BCUT2D eigenvalue weighted by Crippen LogP contribution is 2.21. The summed E-state index contributed by atoms with van der Waals surface area (Å²) >= 11 is 11.8. The fourth-order valence-corrected chi connectivity index (χ4v) is 2.94. The number of hydrogen-bond acceptors (Lipinski definition) is 3. The van der Waals surface area contributed by atoms with Crippen LogP contribution in [-0.4, -0.2) is 43.9 Å². The molecular formula is C12H16Cl2N2O4S. The van der Waals surface area contributed by atoms with Crippen molar-refractivity contribution in [2.75, 3.05) is 20.1 Å². The zero-order valence-corrected chi connectivity index (χ0v) is 13.7. The van der Waals surface area contributed by atoms with Crippen LogP contribution in [0.15, 0.2) is 18.2 Å². The molecule has 0 atom stereocenters. The Morgan fingerprint density at radius 1 is 1.38 bits per heavy atom. The maximum Gasteiger partial charge on any atom is 0.304 e. The smallest absolute Gasteiger partial charge is 0.304 e. The first kappa shape index (κ1) is 18.2. The summed E-state index contributed by atoms with van der Waals surface area (Å²) in [7, 11) is -2.38. The molecule has 0 aliphatic carbocycles. The lowest BCUT2D eigenvalue weighted by Gasteiger charge is -2.16. The van der Waals surface area contributed by atoms with Crippen molar-refractivity contribution < 1.29 is 18.3 Å². The molecule has 0 aromatic heterocycles. The van der Waals surface area contributed by atoms with Crippen molar-refractivity contribution in [2.24, 2.45) is 0 Å². The second kappa shape index (κ2) is 7.95. The molecule has 1 aromatic carbocycles. The summed E-state index contributed by atoms with van der Waals surface area (Å²) < 4.78 is 27.0. The Morgan fingerprint density at radius 2 is 2.05 bits per heavy atom. The van der Waals surface area contributed by atoms with E-state index in [4.69, 9.17) is 28.3 Å². The number of aliphatic carboxylic acids is 1. The monoisotopic (exact) mass is 354 g/mol. The highest BCUT2D eigenvalue weighted by atomic mass is 35.5. The fourth-order valence-electron chi connectivity index (χ4n) is 1.52. The summed E-state index contributed by atoms with van der Waals surface area (Å²) in [4.78, 5) is 10.4. The molecule has 21 heavy (non-hydrogen) atoms. The van der Waals surface area contributed by atoms with Crippen molar-refractivity contribution in [1.29, 1.82) is 0 Å². The first-order chi connectivity index (χ1) is 9.72. The standard InChI is InChI=1S/C12H16Cl2N2O4S/c1-16(7-5-12(17)18)21(19,20)15-6-4-9-2-3-10(13)8-11(9)14/h2-3,8,15H,4-7H2,1H3,(H,17,18). The van der Waals surface area contributed by atoms with Gasteiger partial charge in [0.1, 0.15) is 0 Å². The van der Waals surface area contributed by atoms with Gasteiger partial charge in [0.25, 0.3) is 10.2 Å². The minimum absolute atomic E-state index is 0.0909. The molecule has 0 heterocycles. The van der Waals surface area contributed by atoms with Gasteiger partial charge in [0.15, 0.2) is 0 Å². The fraction of sp³-hybridized carbons (Fsp3) is 0.417. The van der Waals surface area contributed by atoms with Crippen LogP contribution in [0.25, 0.3) is 0 Å². The van der Waals surface area contributed by atoms with E-state index in [9.17, 15) is 13.2 Å².